The summed E-state index contributed by atoms with van der Waals surface area (Å²) in [6.45, 7) is 11.2. The first-order valence-electron chi connectivity index (χ1n) is 4.87. The van der Waals surface area contributed by atoms with Gasteiger partial charge in [0.1, 0.15) is 0 Å². The fraction of sp³-hybridized carbons (Fsp3) is 0.400. The van der Waals surface area contributed by atoms with Gasteiger partial charge in [-0.2, -0.15) is 0 Å². The minimum atomic E-state index is 0.107. The quantitative estimate of drug-likeness (QED) is 0.343. The largest absolute Gasteiger partial charge is 0.355 e. The van der Waals surface area contributed by atoms with Crippen molar-refractivity contribution in [3.63, 3.8) is 0 Å². The first-order valence-corrected chi connectivity index (χ1v) is 5.69. The van der Waals surface area contributed by atoms with E-state index in [-0.39, 0.29) is 12.1 Å². The minimum Gasteiger partial charge on any atom is -0.355 e. The van der Waals surface area contributed by atoms with E-state index in [1.54, 1.807) is 12.2 Å². The Labute approximate surface area is 108 Å². The van der Waals surface area contributed by atoms with Gasteiger partial charge in [-0.25, -0.2) is 0 Å². The maximum atomic E-state index is 5.02. The molecule has 4 nitrogen and oxygen atoms in total. The van der Waals surface area contributed by atoms with Crippen LogP contribution in [-0.2, 0) is 0 Å². The summed E-state index contributed by atoms with van der Waals surface area (Å²) < 4.78 is 0. The van der Waals surface area contributed by atoms with Crippen molar-refractivity contribution in [2.75, 3.05) is 0 Å². The van der Waals surface area contributed by atoms with Crippen LogP contribution in [0.4, 0.5) is 0 Å². The highest BCUT2D eigenvalue weighted by Gasteiger charge is 2.01. The van der Waals surface area contributed by atoms with Crippen LogP contribution in [0.1, 0.15) is 13.8 Å². The maximum Gasteiger partial charge on any atom is 0.185 e. The third kappa shape index (κ3) is 7.19. The molecule has 6 heteroatoms. The van der Waals surface area contributed by atoms with Crippen molar-refractivity contribution in [1.82, 2.24) is 21.5 Å². The molecule has 0 aromatic rings. The van der Waals surface area contributed by atoms with Gasteiger partial charge in [0.2, 0.25) is 0 Å². The van der Waals surface area contributed by atoms with Crippen molar-refractivity contribution in [3.8, 4) is 0 Å². The molecule has 0 aromatic heterocycles. The van der Waals surface area contributed by atoms with Gasteiger partial charge in [-0.05, 0) is 38.3 Å². The molecule has 90 valence electrons. The summed E-state index contributed by atoms with van der Waals surface area (Å²) in [5.41, 5.74) is 5.52. The van der Waals surface area contributed by atoms with Gasteiger partial charge >= 0.3 is 0 Å². The van der Waals surface area contributed by atoms with E-state index in [4.69, 9.17) is 24.4 Å². The lowest BCUT2D eigenvalue weighted by Gasteiger charge is -2.17. The smallest absolute Gasteiger partial charge is 0.185 e. The summed E-state index contributed by atoms with van der Waals surface area (Å²) in [6.07, 6.45) is 3.51. The molecule has 0 unspecified atom stereocenters. The molecule has 0 aromatic carbocycles. The highest BCUT2D eigenvalue weighted by molar-refractivity contribution is 7.80. The van der Waals surface area contributed by atoms with Crippen LogP contribution in [0.25, 0.3) is 0 Å². The van der Waals surface area contributed by atoms with Gasteiger partial charge in [-0.3, -0.25) is 10.9 Å². The van der Waals surface area contributed by atoms with Gasteiger partial charge in [0.25, 0.3) is 0 Å². The number of nitrogens with one attached hydrogen (secondary N) is 4. The lowest BCUT2D eigenvalue weighted by atomic mass is 10.3. The van der Waals surface area contributed by atoms with E-state index >= 15 is 0 Å². The van der Waals surface area contributed by atoms with Gasteiger partial charge in [0.05, 0.1) is 0 Å². The molecule has 0 heterocycles. The second-order valence-electron chi connectivity index (χ2n) is 3.25. The van der Waals surface area contributed by atoms with Crippen molar-refractivity contribution in [1.29, 1.82) is 0 Å². The van der Waals surface area contributed by atoms with E-state index in [1.165, 1.54) is 0 Å². The average Bonchev–Trinajstić information content (AvgIpc) is 2.26. The van der Waals surface area contributed by atoms with Gasteiger partial charge in [0.15, 0.2) is 10.2 Å². The third-order valence-electron chi connectivity index (χ3n) is 1.71. The maximum absolute atomic E-state index is 5.02. The predicted octanol–water partition coefficient (Wildman–Crippen LogP) is 0.979. The summed E-state index contributed by atoms with van der Waals surface area (Å²) in [6, 6.07) is 0.214. The number of hydrazine groups is 1. The topological polar surface area (TPSA) is 48.1 Å². The van der Waals surface area contributed by atoms with Crippen molar-refractivity contribution in [2.45, 2.75) is 25.9 Å². The standard InChI is InChI=1S/C10H18N4S2/c1-5-7(3)11-9(15)13-14-10(16)12-8(4)6-2/h5-8H,1-2H2,3-4H3,(H2,11,13,15)(H2,12,14,16)/t7-,8-/m0/s1. The molecule has 0 rings (SSSR count). The SMILES string of the molecule is C=C[C@H](C)NC(=S)NNC(=S)N[C@@H](C)C=C. The molecule has 0 saturated carbocycles. The molecular weight excluding hydrogens is 240 g/mol. The van der Waals surface area contributed by atoms with Crippen LogP contribution < -0.4 is 21.5 Å². The molecule has 0 fully saturated rings. The highest BCUT2D eigenvalue weighted by Crippen LogP contribution is 1.82. The molecule has 0 bridgehead atoms. The number of thiocarbonyl (C=S) groups is 2. The number of rotatable bonds is 4. The van der Waals surface area contributed by atoms with Crippen LogP contribution in [0.5, 0.6) is 0 Å². The molecular formula is C10H18N4S2. The second kappa shape index (κ2) is 8.06. The molecule has 0 aliphatic rings. The Morgan fingerprint density at radius 2 is 1.25 bits per heavy atom. The summed E-state index contributed by atoms with van der Waals surface area (Å²) in [5, 5.41) is 6.89. The molecule has 0 aliphatic heterocycles. The van der Waals surface area contributed by atoms with Crippen molar-refractivity contribution < 1.29 is 0 Å². The average molecular weight is 258 g/mol. The minimum absolute atomic E-state index is 0.107. The Morgan fingerprint density at radius 1 is 0.938 bits per heavy atom. The first-order chi connectivity index (χ1) is 7.49. The Kier molecular flexibility index (Phi) is 7.49. The van der Waals surface area contributed by atoms with Crippen LogP contribution >= 0.6 is 24.4 Å². The van der Waals surface area contributed by atoms with Gasteiger partial charge in [-0.15, -0.1) is 13.2 Å². The van der Waals surface area contributed by atoms with E-state index < -0.39 is 0 Å². The Hall–Kier alpha value is -1.14. The van der Waals surface area contributed by atoms with Crippen LogP contribution in [-0.4, -0.2) is 22.3 Å². The third-order valence-corrected chi connectivity index (χ3v) is 2.15. The molecule has 0 radical (unpaired) electrons. The normalized spacial score (nSPS) is 12.9. The zero-order valence-electron chi connectivity index (χ0n) is 9.54. The summed E-state index contributed by atoms with van der Waals surface area (Å²) in [5.74, 6) is 0. The van der Waals surface area contributed by atoms with E-state index in [9.17, 15) is 0 Å². The van der Waals surface area contributed by atoms with Crippen LogP contribution in [0, 0.1) is 0 Å². The van der Waals surface area contributed by atoms with Gasteiger partial charge < -0.3 is 10.6 Å². The molecule has 4 N–H and O–H groups in total. The summed E-state index contributed by atoms with van der Waals surface area (Å²) >= 11 is 10.0. The van der Waals surface area contributed by atoms with E-state index in [0.29, 0.717) is 10.2 Å². The summed E-state index contributed by atoms with van der Waals surface area (Å²) in [4.78, 5) is 0. The van der Waals surface area contributed by atoms with Gasteiger partial charge in [-0.1, -0.05) is 12.2 Å². The fourth-order valence-corrected chi connectivity index (χ4v) is 1.19. The van der Waals surface area contributed by atoms with Crippen molar-refractivity contribution >= 4 is 34.7 Å². The molecule has 0 aliphatic carbocycles. The van der Waals surface area contributed by atoms with Crippen LogP contribution in [0.3, 0.4) is 0 Å². The Morgan fingerprint density at radius 3 is 1.50 bits per heavy atom. The van der Waals surface area contributed by atoms with E-state index in [1.807, 2.05) is 13.8 Å². The highest BCUT2D eigenvalue weighted by atomic mass is 32.1. The zero-order chi connectivity index (χ0) is 12.6. The van der Waals surface area contributed by atoms with Crippen LogP contribution in [0.2, 0.25) is 0 Å². The zero-order valence-corrected chi connectivity index (χ0v) is 11.2. The lowest BCUT2D eigenvalue weighted by Crippen LogP contribution is -2.52. The lowest BCUT2D eigenvalue weighted by molar-refractivity contribution is 0.726. The molecule has 0 saturated heterocycles. The van der Waals surface area contributed by atoms with Crippen LogP contribution in [0.15, 0.2) is 25.3 Å². The monoisotopic (exact) mass is 258 g/mol. The fourth-order valence-electron chi connectivity index (χ4n) is 0.717. The van der Waals surface area contributed by atoms with E-state index in [2.05, 4.69) is 34.6 Å². The summed E-state index contributed by atoms with van der Waals surface area (Å²) in [7, 11) is 0. The number of hydrogen-bond acceptors (Lipinski definition) is 2. The second-order valence-corrected chi connectivity index (χ2v) is 4.06. The van der Waals surface area contributed by atoms with Crippen molar-refractivity contribution in [2.24, 2.45) is 0 Å². The first kappa shape index (κ1) is 14.9. The van der Waals surface area contributed by atoms with Crippen molar-refractivity contribution in [3.05, 3.63) is 25.3 Å². The van der Waals surface area contributed by atoms with E-state index in [0.717, 1.165) is 0 Å². The van der Waals surface area contributed by atoms with Gasteiger partial charge in [0, 0.05) is 12.1 Å². The predicted molar refractivity (Wildman–Crippen MR) is 77.1 cm³/mol. The molecule has 16 heavy (non-hydrogen) atoms. The molecule has 0 spiro atoms. The number of hydrogen-bond donors (Lipinski definition) is 4. The Bertz CT molecular complexity index is 250. The molecule has 2 atom stereocenters. The molecule has 0 amide bonds. The Balaban J connectivity index is 3.79.